The number of likely N-dealkylation sites (N-methyl/N-ethyl adjacent to an activating group) is 2. The molecule has 2 rings (SSSR count). The molecule has 1 aromatic carbocycles. The van der Waals surface area contributed by atoms with Gasteiger partial charge in [0.1, 0.15) is 0 Å². The van der Waals surface area contributed by atoms with Crippen LogP contribution >= 0.6 is 0 Å². The van der Waals surface area contributed by atoms with Gasteiger partial charge in [-0.15, -0.1) is 0 Å². The van der Waals surface area contributed by atoms with Crippen LogP contribution in [-0.4, -0.2) is 32.1 Å². The first-order chi connectivity index (χ1) is 8.28. The predicted molar refractivity (Wildman–Crippen MR) is 75.1 cm³/mol. The minimum Gasteiger partial charge on any atom is -0.373 e. The number of anilines is 2. The van der Waals surface area contributed by atoms with Gasteiger partial charge in [-0.25, -0.2) is 0 Å². The Kier molecular flexibility index (Phi) is 3.07. The van der Waals surface area contributed by atoms with Gasteiger partial charge in [-0.2, -0.15) is 0 Å². The number of hydrogen-bond acceptors (Lipinski definition) is 3. The van der Waals surface area contributed by atoms with Gasteiger partial charge < -0.3 is 15.5 Å². The van der Waals surface area contributed by atoms with E-state index in [4.69, 9.17) is 5.73 Å². The maximum Gasteiger partial charge on any atom is 0.231 e. The van der Waals surface area contributed by atoms with Crippen LogP contribution in [0.2, 0.25) is 0 Å². The van der Waals surface area contributed by atoms with Crippen LogP contribution in [0.25, 0.3) is 0 Å². The summed E-state index contributed by atoms with van der Waals surface area (Å²) in [5.74, 6) is 0.156. The number of carbonyl (C=O) groups is 1. The number of nitrogens with two attached hydrogens (primary N) is 1. The second kappa shape index (κ2) is 4.28. The summed E-state index contributed by atoms with van der Waals surface area (Å²) in [4.78, 5) is 15.5. The lowest BCUT2D eigenvalue weighted by Crippen LogP contribution is -2.44. The van der Waals surface area contributed by atoms with Crippen molar-refractivity contribution in [3.8, 4) is 0 Å². The van der Waals surface area contributed by atoms with Crippen LogP contribution in [0.5, 0.6) is 0 Å². The average Bonchev–Trinajstić information content (AvgIpc) is 2.52. The molecular weight excluding hydrogens is 226 g/mol. The molecule has 1 heterocycles. The smallest absolute Gasteiger partial charge is 0.231 e. The Hall–Kier alpha value is -1.55. The van der Waals surface area contributed by atoms with Crippen molar-refractivity contribution in [2.45, 2.75) is 25.8 Å². The van der Waals surface area contributed by atoms with E-state index in [1.807, 2.05) is 40.1 Å². The van der Waals surface area contributed by atoms with Crippen molar-refractivity contribution >= 4 is 17.3 Å². The summed E-state index contributed by atoms with van der Waals surface area (Å²) >= 11 is 0. The lowest BCUT2D eigenvalue weighted by atomic mass is 10.1. The first-order valence-electron chi connectivity index (χ1n) is 6.17. The third-order valence-corrected chi connectivity index (χ3v) is 3.23. The van der Waals surface area contributed by atoms with Crippen molar-refractivity contribution in [2.24, 2.45) is 5.73 Å². The Morgan fingerprint density at radius 2 is 2.11 bits per heavy atom. The van der Waals surface area contributed by atoms with Crippen LogP contribution in [0, 0.1) is 0 Å². The number of benzene rings is 1. The Morgan fingerprint density at radius 1 is 1.44 bits per heavy atom. The van der Waals surface area contributed by atoms with E-state index >= 15 is 0 Å². The minimum atomic E-state index is -0.236. The highest BCUT2D eigenvalue weighted by Gasteiger charge is 2.24. The molecule has 0 bridgehead atoms. The van der Waals surface area contributed by atoms with Crippen molar-refractivity contribution in [3.05, 3.63) is 23.8 Å². The minimum absolute atomic E-state index is 0.156. The molecule has 98 valence electrons. The van der Waals surface area contributed by atoms with E-state index in [0.717, 1.165) is 23.5 Å². The van der Waals surface area contributed by atoms with Gasteiger partial charge in [0.25, 0.3) is 0 Å². The molecule has 0 unspecified atom stereocenters. The van der Waals surface area contributed by atoms with Crippen molar-refractivity contribution < 1.29 is 4.79 Å². The number of amides is 1. The molecule has 1 aliphatic rings. The highest BCUT2D eigenvalue weighted by atomic mass is 16.2. The van der Waals surface area contributed by atoms with Crippen LogP contribution in [0.15, 0.2) is 18.2 Å². The highest BCUT2D eigenvalue weighted by molar-refractivity contribution is 6.01. The van der Waals surface area contributed by atoms with E-state index in [0.29, 0.717) is 6.42 Å². The van der Waals surface area contributed by atoms with Crippen LogP contribution in [0.4, 0.5) is 11.4 Å². The Balaban J connectivity index is 2.23. The van der Waals surface area contributed by atoms with E-state index in [9.17, 15) is 4.79 Å². The number of hydrogen-bond donors (Lipinski definition) is 1. The first-order valence-corrected chi connectivity index (χ1v) is 6.17. The fourth-order valence-electron chi connectivity index (χ4n) is 2.40. The zero-order valence-electron chi connectivity index (χ0n) is 11.5. The van der Waals surface area contributed by atoms with E-state index in [-0.39, 0.29) is 11.4 Å². The zero-order chi connectivity index (χ0) is 13.5. The highest BCUT2D eigenvalue weighted by Crippen LogP contribution is 2.31. The molecular formula is C14H21N3O. The van der Waals surface area contributed by atoms with E-state index in [1.165, 1.54) is 0 Å². The van der Waals surface area contributed by atoms with Crippen molar-refractivity contribution in [3.63, 3.8) is 0 Å². The van der Waals surface area contributed by atoms with Gasteiger partial charge in [-0.3, -0.25) is 4.79 Å². The van der Waals surface area contributed by atoms with Crippen LogP contribution in [0.1, 0.15) is 19.4 Å². The van der Waals surface area contributed by atoms with Gasteiger partial charge in [-0.05, 0) is 37.6 Å². The predicted octanol–water partition coefficient (Wildman–Crippen LogP) is 1.38. The maximum absolute atomic E-state index is 11.6. The summed E-state index contributed by atoms with van der Waals surface area (Å²) in [6.07, 6.45) is 0.500. The molecule has 0 aromatic heterocycles. The number of carbonyl (C=O) groups excluding carboxylic acids is 1. The summed E-state index contributed by atoms with van der Waals surface area (Å²) in [7, 11) is 3.84. The van der Waals surface area contributed by atoms with Gasteiger partial charge in [0.15, 0.2) is 0 Å². The lowest BCUT2D eigenvalue weighted by molar-refractivity contribution is -0.117. The molecule has 0 atom stereocenters. The van der Waals surface area contributed by atoms with Gasteiger partial charge >= 0.3 is 0 Å². The lowest BCUT2D eigenvalue weighted by Gasteiger charge is -2.28. The molecule has 18 heavy (non-hydrogen) atoms. The zero-order valence-corrected chi connectivity index (χ0v) is 11.5. The molecule has 0 radical (unpaired) electrons. The topological polar surface area (TPSA) is 49.6 Å². The van der Waals surface area contributed by atoms with E-state index in [2.05, 4.69) is 11.0 Å². The third-order valence-electron chi connectivity index (χ3n) is 3.23. The fraction of sp³-hybridized carbons (Fsp3) is 0.500. The number of nitrogens with zero attached hydrogens (tertiary/aromatic N) is 2. The summed E-state index contributed by atoms with van der Waals surface area (Å²) in [5, 5.41) is 0. The second-order valence-electron chi connectivity index (χ2n) is 5.79. The normalized spacial score (nSPS) is 14.9. The van der Waals surface area contributed by atoms with Gasteiger partial charge in [0.05, 0.1) is 6.42 Å². The molecule has 4 heteroatoms. The Bertz CT molecular complexity index is 476. The van der Waals surface area contributed by atoms with Crippen molar-refractivity contribution in [2.75, 3.05) is 30.4 Å². The quantitative estimate of drug-likeness (QED) is 0.878. The SMILES string of the molecule is CN(CC(C)(C)N)c1ccc2c(c1)CC(=O)N2C. The summed E-state index contributed by atoms with van der Waals surface area (Å²) < 4.78 is 0. The third kappa shape index (κ3) is 2.48. The van der Waals surface area contributed by atoms with Crippen LogP contribution in [-0.2, 0) is 11.2 Å². The molecule has 1 aliphatic heterocycles. The van der Waals surface area contributed by atoms with Gasteiger partial charge in [0.2, 0.25) is 5.91 Å². The fourth-order valence-corrected chi connectivity index (χ4v) is 2.40. The molecule has 0 fully saturated rings. The molecule has 1 amide bonds. The molecule has 0 spiro atoms. The molecule has 0 saturated heterocycles. The first kappa shape index (κ1) is 12.9. The van der Waals surface area contributed by atoms with Gasteiger partial charge in [-0.1, -0.05) is 0 Å². The van der Waals surface area contributed by atoms with Crippen LogP contribution in [0.3, 0.4) is 0 Å². The van der Waals surface area contributed by atoms with E-state index < -0.39 is 0 Å². The largest absolute Gasteiger partial charge is 0.373 e. The number of fused-ring (bicyclic) bond motifs is 1. The Labute approximate surface area is 108 Å². The standard InChI is InChI=1S/C14H21N3O/c1-14(2,15)9-16(3)11-5-6-12-10(7-11)8-13(18)17(12)4/h5-7H,8-9,15H2,1-4H3. The summed E-state index contributed by atoms with van der Waals surface area (Å²) in [5.41, 5.74) is 9.01. The van der Waals surface area contributed by atoms with Crippen LogP contribution < -0.4 is 15.5 Å². The Morgan fingerprint density at radius 3 is 2.72 bits per heavy atom. The monoisotopic (exact) mass is 247 g/mol. The van der Waals surface area contributed by atoms with Gasteiger partial charge in [0, 0.05) is 37.6 Å². The molecule has 4 nitrogen and oxygen atoms in total. The molecule has 1 aromatic rings. The maximum atomic E-state index is 11.6. The van der Waals surface area contributed by atoms with E-state index in [1.54, 1.807) is 4.90 Å². The molecule has 0 aliphatic carbocycles. The summed E-state index contributed by atoms with van der Waals surface area (Å²) in [6.45, 7) is 4.79. The average molecular weight is 247 g/mol. The number of rotatable bonds is 3. The second-order valence-corrected chi connectivity index (χ2v) is 5.79. The molecule has 2 N–H and O–H groups in total. The van der Waals surface area contributed by atoms with Crippen molar-refractivity contribution in [1.29, 1.82) is 0 Å². The summed E-state index contributed by atoms with van der Waals surface area (Å²) in [6, 6.07) is 6.14. The van der Waals surface area contributed by atoms with Crippen molar-refractivity contribution in [1.82, 2.24) is 0 Å². The molecule has 0 saturated carbocycles.